The van der Waals surface area contributed by atoms with Gasteiger partial charge in [-0.05, 0) is 24.6 Å². The first-order chi connectivity index (χ1) is 8.00. The fraction of sp³-hybridized carbons (Fsp3) is 0.300. The second-order valence-electron chi connectivity index (χ2n) is 3.95. The van der Waals surface area contributed by atoms with E-state index >= 15 is 0 Å². The predicted molar refractivity (Wildman–Crippen MR) is 66.6 cm³/mol. The van der Waals surface area contributed by atoms with E-state index in [4.69, 9.17) is 0 Å². The van der Waals surface area contributed by atoms with Crippen LogP contribution in [-0.2, 0) is 19.9 Å². The monoisotopic (exact) mass is 291 g/mol. The molecule has 1 rings (SSSR count). The van der Waals surface area contributed by atoms with Crippen molar-refractivity contribution in [3.8, 4) is 0 Å². The summed E-state index contributed by atoms with van der Waals surface area (Å²) in [6, 6.07) is 3.97. The average molecular weight is 291 g/mol. The number of carbonyl (C=O) groups is 1. The van der Waals surface area contributed by atoms with Gasteiger partial charge in [0.05, 0.1) is 11.2 Å². The summed E-state index contributed by atoms with van der Waals surface area (Å²) in [7, 11) is -7.13. The first-order valence-corrected chi connectivity index (χ1v) is 8.62. The number of nitrogens with one attached hydrogen (secondary N) is 1. The highest BCUT2D eigenvalue weighted by molar-refractivity contribution is 7.90. The van der Waals surface area contributed by atoms with Gasteiger partial charge in [0.1, 0.15) is 0 Å². The zero-order valence-electron chi connectivity index (χ0n) is 10.1. The van der Waals surface area contributed by atoms with E-state index in [1.165, 1.54) is 12.1 Å². The zero-order chi connectivity index (χ0) is 14.1. The van der Waals surface area contributed by atoms with Crippen LogP contribution in [0.2, 0.25) is 0 Å². The minimum Gasteiger partial charge on any atom is -0.268 e. The van der Waals surface area contributed by atoms with Gasteiger partial charge < -0.3 is 0 Å². The van der Waals surface area contributed by atoms with Crippen molar-refractivity contribution in [2.45, 2.75) is 11.8 Å². The summed E-state index contributed by atoms with van der Waals surface area (Å²) in [5.74, 6) is -0.847. The van der Waals surface area contributed by atoms with Gasteiger partial charge in [-0.2, -0.15) is 0 Å². The van der Waals surface area contributed by atoms with Crippen molar-refractivity contribution in [2.24, 2.45) is 0 Å². The summed E-state index contributed by atoms with van der Waals surface area (Å²) >= 11 is 0. The molecule has 0 saturated heterocycles. The Labute approximate surface area is 106 Å². The lowest BCUT2D eigenvalue weighted by atomic mass is 10.1. The van der Waals surface area contributed by atoms with E-state index in [9.17, 15) is 21.6 Å². The maximum Gasteiger partial charge on any atom is 0.265 e. The molecule has 0 atom stereocenters. The van der Waals surface area contributed by atoms with E-state index in [2.05, 4.69) is 0 Å². The molecule has 0 aliphatic heterocycles. The van der Waals surface area contributed by atoms with Crippen LogP contribution < -0.4 is 4.72 Å². The number of hydrogen-bond acceptors (Lipinski definition) is 5. The molecular weight excluding hydrogens is 278 g/mol. The molecule has 0 bridgehead atoms. The maximum absolute atomic E-state index is 11.7. The highest BCUT2D eigenvalue weighted by Gasteiger charge is 2.16. The quantitative estimate of drug-likeness (QED) is 0.851. The normalized spacial score (nSPS) is 12.2. The van der Waals surface area contributed by atoms with Gasteiger partial charge in [-0.3, -0.25) is 4.79 Å². The first kappa shape index (κ1) is 14.7. The summed E-state index contributed by atoms with van der Waals surface area (Å²) in [5, 5.41) is 0. The molecule has 0 saturated carbocycles. The van der Waals surface area contributed by atoms with Gasteiger partial charge in [0.2, 0.25) is 10.0 Å². The van der Waals surface area contributed by atoms with Crippen molar-refractivity contribution < 1.29 is 21.6 Å². The van der Waals surface area contributed by atoms with E-state index in [0.29, 0.717) is 5.56 Å². The second-order valence-corrected chi connectivity index (χ2v) is 7.72. The van der Waals surface area contributed by atoms with Crippen LogP contribution in [0, 0.1) is 6.92 Å². The molecule has 8 heteroatoms. The van der Waals surface area contributed by atoms with Crippen LogP contribution in [0.15, 0.2) is 23.1 Å². The van der Waals surface area contributed by atoms with E-state index < -0.39 is 25.8 Å². The third-order valence-electron chi connectivity index (χ3n) is 2.16. The van der Waals surface area contributed by atoms with E-state index in [1.807, 2.05) is 0 Å². The van der Waals surface area contributed by atoms with E-state index in [1.54, 1.807) is 11.6 Å². The summed E-state index contributed by atoms with van der Waals surface area (Å²) < 4.78 is 46.4. The third kappa shape index (κ3) is 3.81. The number of sulfone groups is 1. The molecule has 100 valence electrons. The predicted octanol–water partition coefficient (Wildman–Crippen LogP) is 0.0879. The van der Waals surface area contributed by atoms with Gasteiger partial charge in [-0.1, -0.05) is 6.07 Å². The fourth-order valence-electron chi connectivity index (χ4n) is 1.30. The lowest BCUT2D eigenvalue weighted by Gasteiger charge is -2.07. The number of aryl methyl sites for hydroxylation is 1. The highest BCUT2D eigenvalue weighted by atomic mass is 32.2. The van der Waals surface area contributed by atoms with Crippen molar-refractivity contribution in [3.63, 3.8) is 0 Å². The Hall–Kier alpha value is -1.41. The summed E-state index contributed by atoms with van der Waals surface area (Å²) in [5.41, 5.74) is 0.506. The summed E-state index contributed by atoms with van der Waals surface area (Å²) in [6.45, 7) is 1.59. The van der Waals surface area contributed by atoms with Crippen molar-refractivity contribution in [1.82, 2.24) is 4.72 Å². The Morgan fingerprint density at radius 1 is 1.11 bits per heavy atom. The molecule has 1 aromatic rings. The van der Waals surface area contributed by atoms with Crippen molar-refractivity contribution in [1.29, 1.82) is 0 Å². The molecule has 1 aromatic carbocycles. The Morgan fingerprint density at radius 2 is 1.67 bits per heavy atom. The van der Waals surface area contributed by atoms with Gasteiger partial charge in [-0.25, -0.2) is 21.6 Å². The van der Waals surface area contributed by atoms with Gasteiger partial charge in [0, 0.05) is 11.8 Å². The largest absolute Gasteiger partial charge is 0.268 e. The number of sulfonamides is 1. The highest BCUT2D eigenvalue weighted by Crippen LogP contribution is 2.15. The van der Waals surface area contributed by atoms with Gasteiger partial charge in [0.25, 0.3) is 5.91 Å². The summed E-state index contributed by atoms with van der Waals surface area (Å²) in [4.78, 5) is 11.6. The molecular formula is C10H13NO5S2. The molecule has 0 heterocycles. The Balaban J connectivity index is 3.29. The number of hydrogen-bond donors (Lipinski definition) is 1. The summed E-state index contributed by atoms with van der Waals surface area (Å²) in [6.07, 6.45) is 1.86. The molecule has 0 unspecified atom stereocenters. The number of carbonyl (C=O) groups excluding carboxylic acids is 1. The lowest BCUT2D eigenvalue weighted by Crippen LogP contribution is -2.30. The van der Waals surface area contributed by atoms with Crippen LogP contribution in [0.1, 0.15) is 15.9 Å². The third-order valence-corrected chi connectivity index (χ3v) is 3.83. The molecule has 18 heavy (non-hydrogen) atoms. The van der Waals surface area contributed by atoms with Crippen molar-refractivity contribution in [3.05, 3.63) is 29.3 Å². The Kier molecular flexibility index (Phi) is 3.82. The zero-order valence-corrected chi connectivity index (χ0v) is 11.7. The minimum absolute atomic E-state index is 0.0170. The van der Waals surface area contributed by atoms with Crippen molar-refractivity contribution >= 4 is 25.8 Å². The van der Waals surface area contributed by atoms with E-state index in [-0.39, 0.29) is 10.5 Å². The SMILES string of the molecule is Cc1ccc(S(C)(=O)=O)cc1C(=O)NS(C)(=O)=O. The number of benzene rings is 1. The molecule has 1 amide bonds. The lowest BCUT2D eigenvalue weighted by molar-refractivity contribution is 0.0981. The topological polar surface area (TPSA) is 97.4 Å². The number of rotatable bonds is 3. The molecule has 0 radical (unpaired) electrons. The number of amides is 1. The Morgan fingerprint density at radius 3 is 2.11 bits per heavy atom. The molecule has 0 spiro atoms. The smallest absolute Gasteiger partial charge is 0.265 e. The molecule has 0 aromatic heterocycles. The van der Waals surface area contributed by atoms with Crippen LogP contribution >= 0.6 is 0 Å². The van der Waals surface area contributed by atoms with Crippen molar-refractivity contribution in [2.75, 3.05) is 12.5 Å². The van der Waals surface area contributed by atoms with Crippen LogP contribution in [0.4, 0.5) is 0 Å². The minimum atomic E-state index is -3.69. The van der Waals surface area contributed by atoms with Gasteiger partial charge in [0.15, 0.2) is 9.84 Å². The van der Waals surface area contributed by atoms with Crippen LogP contribution in [0.25, 0.3) is 0 Å². The van der Waals surface area contributed by atoms with Crippen LogP contribution in [-0.4, -0.2) is 35.3 Å². The maximum atomic E-state index is 11.7. The van der Waals surface area contributed by atoms with Crippen LogP contribution in [0.5, 0.6) is 0 Å². The van der Waals surface area contributed by atoms with Crippen LogP contribution in [0.3, 0.4) is 0 Å². The molecule has 1 N–H and O–H groups in total. The first-order valence-electron chi connectivity index (χ1n) is 4.83. The van der Waals surface area contributed by atoms with E-state index in [0.717, 1.165) is 18.6 Å². The molecule has 0 aliphatic rings. The fourth-order valence-corrected chi connectivity index (χ4v) is 2.39. The average Bonchev–Trinajstić information content (AvgIpc) is 2.13. The van der Waals surface area contributed by atoms with Gasteiger partial charge in [-0.15, -0.1) is 0 Å². The standard InChI is InChI=1S/C10H13NO5S2/c1-7-4-5-8(17(2,13)14)6-9(7)10(12)11-18(3,15)16/h4-6H,1-3H3,(H,11,12). The second kappa shape index (κ2) is 4.69. The molecule has 0 aliphatic carbocycles. The van der Waals surface area contributed by atoms with Gasteiger partial charge >= 0.3 is 0 Å². The Bertz CT molecular complexity index is 689. The molecule has 0 fully saturated rings. The molecule has 6 nitrogen and oxygen atoms in total.